The molecule has 0 N–H and O–H groups in total. The molecule has 0 spiro atoms. The zero-order chi connectivity index (χ0) is 14.1. The van der Waals surface area contributed by atoms with E-state index in [9.17, 15) is 0 Å². The van der Waals surface area contributed by atoms with Crippen LogP contribution >= 0.6 is 0 Å². The SMILES string of the molecule is c1ccc(-c2nnc(C3CC3)nc2-c2ccccc2)cc1. The molecule has 3 heteroatoms. The molecule has 1 heterocycles. The van der Waals surface area contributed by atoms with Crippen LogP contribution in [0, 0.1) is 0 Å². The number of aromatic nitrogens is 3. The quantitative estimate of drug-likeness (QED) is 0.721. The molecule has 1 saturated carbocycles. The second-order valence-corrected chi connectivity index (χ2v) is 5.37. The van der Waals surface area contributed by atoms with Crippen LogP contribution in [0.25, 0.3) is 22.5 Å². The standard InChI is InChI=1S/C18H15N3/c1-3-7-13(8-4-1)16-17(14-9-5-2-6-10-14)20-21-18(19-16)15-11-12-15/h1-10,15H,11-12H2. The maximum absolute atomic E-state index is 4.81. The average Bonchev–Trinajstić information content (AvgIpc) is 3.41. The van der Waals surface area contributed by atoms with Crippen LogP contribution in [0.2, 0.25) is 0 Å². The Kier molecular flexibility index (Phi) is 2.96. The molecule has 102 valence electrons. The largest absolute Gasteiger partial charge is 0.228 e. The first-order chi connectivity index (χ1) is 10.4. The Bertz CT molecular complexity index is 750. The van der Waals surface area contributed by atoms with Crippen molar-refractivity contribution in [2.24, 2.45) is 0 Å². The summed E-state index contributed by atoms with van der Waals surface area (Å²) < 4.78 is 0. The first kappa shape index (κ1) is 12.2. The van der Waals surface area contributed by atoms with Gasteiger partial charge in [-0.3, -0.25) is 0 Å². The van der Waals surface area contributed by atoms with Gasteiger partial charge in [-0.25, -0.2) is 4.98 Å². The van der Waals surface area contributed by atoms with Crippen molar-refractivity contribution >= 4 is 0 Å². The second kappa shape index (κ2) is 5.09. The summed E-state index contributed by atoms with van der Waals surface area (Å²) in [6.07, 6.45) is 2.36. The third kappa shape index (κ3) is 2.42. The molecule has 2 aromatic carbocycles. The van der Waals surface area contributed by atoms with E-state index in [2.05, 4.69) is 34.5 Å². The van der Waals surface area contributed by atoms with Crippen LogP contribution < -0.4 is 0 Å². The monoisotopic (exact) mass is 273 g/mol. The summed E-state index contributed by atoms with van der Waals surface area (Å²) in [6, 6.07) is 20.4. The molecule has 0 bridgehead atoms. The summed E-state index contributed by atoms with van der Waals surface area (Å²) in [7, 11) is 0. The molecule has 1 aromatic heterocycles. The molecule has 1 aliphatic rings. The molecular weight excluding hydrogens is 258 g/mol. The van der Waals surface area contributed by atoms with Crippen molar-refractivity contribution in [2.45, 2.75) is 18.8 Å². The number of rotatable bonds is 3. The predicted molar refractivity (Wildman–Crippen MR) is 82.7 cm³/mol. The fourth-order valence-electron chi connectivity index (χ4n) is 2.44. The van der Waals surface area contributed by atoms with Crippen molar-refractivity contribution in [3.8, 4) is 22.5 Å². The van der Waals surface area contributed by atoms with Crippen LogP contribution in [0.1, 0.15) is 24.6 Å². The van der Waals surface area contributed by atoms with E-state index in [1.54, 1.807) is 0 Å². The highest BCUT2D eigenvalue weighted by atomic mass is 15.2. The summed E-state index contributed by atoms with van der Waals surface area (Å²) in [5.74, 6) is 1.39. The molecule has 0 aliphatic heterocycles. The first-order valence-corrected chi connectivity index (χ1v) is 7.27. The topological polar surface area (TPSA) is 38.7 Å². The van der Waals surface area contributed by atoms with Gasteiger partial charge < -0.3 is 0 Å². The summed E-state index contributed by atoms with van der Waals surface area (Å²) >= 11 is 0. The highest BCUT2D eigenvalue weighted by Crippen LogP contribution is 2.39. The van der Waals surface area contributed by atoms with Crippen molar-refractivity contribution in [3.05, 3.63) is 66.5 Å². The summed E-state index contributed by atoms with van der Waals surface area (Å²) in [4.78, 5) is 4.81. The third-order valence-electron chi connectivity index (χ3n) is 3.74. The van der Waals surface area contributed by atoms with Gasteiger partial charge in [0.05, 0.1) is 0 Å². The fourth-order valence-corrected chi connectivity index (χ4v) is 2.44. The second-order valence-electron chi connectivity index (χ2n) is 5.37. The molecule has 1 fully saturated rings. The molecule has 3 nitrogen and oxygen atoms in total. The van der Waals surface area contributed by atoms with Gasteiger partial charge in [0.15, 0.2) is 5.82 Å². The number of hydrogen-bond donors (Lipinski definition) is 0. The van der Waals surface area contributed by atoms with Crippen molar-refractivity contribution in [1.29, 1.82) is 0 Å². The Labute approximate surface area is 123 Å². The van der Waals surface area contributed by atoms with E-state index in [0.29, 0.717) is 5.92 Å². The third-order valence-corrected chi connectivity index (χ3v) is 3.74. The lowest BCUT2D eigenvalue weighted by Crippen LogP contribution is -2.01. The van der Waals surface area contributed by atoms with Crippen molar-refractivity contribution in [2.75, 3.05) is 0 Å². The fraction of sp³-hybridized carbons (Fsp3) is 0.167. The van der Waals surface area contributed by atoms with Crippen molar-refractivity contribution in [3.63, 3.8) is 0 Å². The Balaban J connectivity index is 1.90. The zero-order valence-electron chi connectivity index (χ0n) is 11.6. The summed E-state index contributed by atoms with van der Waals surface area (Å²) in [6.45, 7) is 0. The molecule has 0 saturated heterocycles. The van der Waals surface area contributed by atoms with Crippen LogP contribution in [-0.4, -0.2) is 15.2 Å². The van der Waals surface area contributed by atoms with Crippen LogP contribution in [0.5, 0.6) is 0 Å². The maximum Gasteiger partial charge on any atom is 0.154 e. The lowest BCUT2D eigenvalue weighted by Gasteiger charge is -2.09. The molecule has 1 aliphatic carbocycles. The maximum atomic E-state index is 4.81. The van der Waals surface area contributed by atoms with Gasteiger partial charge in [0.2, 0.25) is 0 Å². The summed E-state index contributed by atoms with van der Waals surface area (Å²) in [5.41, 5.74) is 3.93. The molecule has 0 atom stereocenters. The lowest BCUT2D eigenvalue weighted by molar-refractivity contribution is 0.847. The highest BCUT2D eigenvalue weighted by molar-refractivity contribution is 5.77. The Morgan fingerprint density at radius 1 is 0.667 bits per heavy atom. The minimum absolute atomic E-state index is 0.504. The Hall–Kier alpha value is -2.55. The van der Waals surface area contributed by atoms with Gasteiger partial charge in [-0.05, 0) is 12.8 Å². The van der Waals surface area contributed by atoms with Gasteiger partial charge in [-0.2, -0.15) is 0 Å². The van der Waals surface area contributed by atoms with E-state index < -0.39 is 0 Å². The zero-order valence-corrected chi connectivity index (χ0v) is 11.6. The van der Waals surface area contributed by atoms with Crippen molar-refractivity contribution in [1.82, 2.24) is 15.2 Å². The van der Waals surface area contributed by atoms with Gasteiger partial charge in [0.1, 0.15) is 11.4 Å². The van der Waals surface area contributed by atoms with Crippen molar-refractivity contribution < 1.29 is 0 Å². The van der Waals surface area contributed by atoms with Gasteiger partial charge in [0, 0.05) is 17.0 Å². The summed E-state index contributed by atoms with van der Waals surface area (Å²) in [5, 5.41) is 8.82. The van der Waals surface area contributed by atoms with Gasteiger partial charge in [-0.1, -0.05) is 60.7 Å². The first-order valence-electron chi connectivity index (χ1n) is 7.27. The highest BCUT2D eigenvalue weighted by Gasteiger charge is 2.28. The van der Waals surface area contributed by atoms with Gasteiger partial charge >= 0.3 is 0 Å². The number of nitrogens with zero attached hydrogens (tertiary/aromatic N) is 3. The van der Waals surface area contributed by atoms with E-state index in [4.69, 9.17) is 4.98 Å². The van der Waals surface area contributed by atoms with Crippen LogP contribution in [0.15, 0.2) is 60.7 Å². The smallest absolute Gasteiger partial charge is 0.154 e. The van der Waals surface area contributed by atoms with Crippen LogP contribution in [0.3, 0.4) is 0 Å². The number of hydrogen-bond acceptors (Lipinski definition) is 3. The van der Waals surface area contributed by atoms with Crippen LogP contribution in [-0.2, 0) is 0 Å². The van der Waals surface area contributed by atoms with E-state index in [1.807, 2.05) is 36.4 Å². The predicted octanol–water partition coefficient (Wildman–Crippen LogP) is 4.08. The van der Waals surface area contributed by atoms with E-state index in [-0.39, 0.29) is 0 Å². The lowest BCUT2D eigenvalue weighted by atomic mass is 10.0. The molecule has 4 rings (SSSR count). The van der Waals surface area contributed by atoms with E-state index >= 15 is 0 Å². The molecule has 0 radical (unpaired) electrons. The van der Waals surface area contributed by atoms with Gasteiger partial charge in [0.25, 0.3) is 0 Å². The van der Waals surface area contributed by atoms with Crippen LogP contribution in [0.4, 0.5) is 0 Å². The van der Waals surface area contributed by atoms with Gasteiger partial charge in [-0.15, -0.1) is 10.2 Å². The normalized spacial score (nSPS) is 14.1. The molecule has 3 aromatic rings. The molecule has 0 amide bonds. The Morgan fingerprint density at radius 2 is 1.24 bits per heavy atom. The van der Waals surface area contributed by atoms with E-state index in [1.165, 1.54) is 12.8 Å². The van der Waals surface area contributed by atoms with E-state index in [0.717, 1.165) is 28.3 Å². The molecule has 0 unspecified atom stereocenters. The average molecular weight is 273 g/mol. The molecule has 21 heavy (non-hydrogen) atoms. The minimum atomic E-state index is 0.504. The Morgan fingerprint density at radius 3 is 1.81 bits per heavy atom. The molecular formula is C18H15N3. The minimum Gasteiger partial charge on any atom is -0.228 e. The number of benzene rings is 2.